The molecule has 0 spiro atoms. The zero-order valence-corrected chi connectivity index (χ0v) is 9.82. The fraction of sp³-hybridized carbons (Fsp3) is 1.00. The summed E-state index contributed by atoms with van der Waals surface area (Å²) in [4.78, 5) is 0. The third-order valence-electron chi connectivity index (χ3n) is 2.21. The van der Waals surface area contributed by atoms with Crippen molar-refractivity contribution >= 4 is 9.84 Å². The van der Waals surface area contributed by atoms with Crippen LogP contribution in [0.5, 0.6) is 0 Å². The van der Waals surface area contributed by atoms with Gasteiger partial charge in [0.1, 0.15) is 0 Å². The molecule has 2 N–H and O–H groups in total. The van der Waals surface area contributed by atoms with Crippen LogP contribution in [0.1, 0.15) is 34.1 Å². The lowest BCUT2D eigenvalue weighted by Crippen LogP contribution is -2.31. The number of hydrogen-bond acceptors (Lipinski definition) is 3. The highest BCUT2D eigenvalue weighted by Gasteiger charge is 2.28. The summed E-state index contributed by atoms with van der Waals surface area (Å²) in [6.07, 6.45) is 0.663. The minimum Gasteiger partial charge on any atom is -0.330 e. The van der Waals surface area contributed by atoms with E-state index in [1.54, 1.807) is 20.8 Å². The molecule has 0 bridgehead atoms. The quantitative estimate of drug-likeness (QED) is 0.753. The van der Waals surface area contributed by atoms with E-state index in [1.165, 1.54) is 0 Å². The van der Waals surface area contributed by atoms with Gasteiger partial charge in [0.2, 0.25) is 0 Å². The molecule has 4 heteroatoms. The van der Waals surface area contributed by atoms with Crippen molar-refractivity contribution in [3.8, 4) is 0 Å². The second-order valence-corrected chi connectivity index (χ2v) is 7.42. The van der Waals surface area contributed by atoms with Crippen molar-refractivity contribution in [2.75, 3.05) is 12.3 Å². The molecule has 0 aliphatic heterocycles. The monoisotopic (exact) mass is 207 g/mol. The lowest BCUT2D eigenvalue weighted by atomic mass is 10.1. The summed E-state index contributed by atoms with van der Waals surface area (Å²) in [6, 6.07) is 0. The molecule has 3 nitrogen and oxygen atoms in total. The third kappa shape index (κ3) is 4.09. The molecule has 0 saturated carbocycles. The Labute approximate surface area is 81.6 Å². The average molecular weight is 207 g/mol. The first-order valence-electron chi connectivity index (χ1n) is 4.63. The van der Waals surface area contributed by atoms with Crippen LogP contribution >= 0.6 is 0 Å². The van der Waals surface area contributed by atoms with Gasteiger partial charge in [-0.15, -0.1) is 0 Å². The van der Waals surface area contributed by atoms with Gasteiger partial charge in [0.05, 0.1) is 10.5 Å². The van der Waals surface area contributed by atoms with Crippen LogP contribution in [0, 0.1) is 5.92 Å². The van der Waals surface area contributed by atoms with E-state index in [-0.39, 0.29) is 11.7 Å². The molecule has 1 atom stereocenters. The lowest BCUT2D eigenvalue weighted by Gasteiger charge is -2.20. The van der Waals surface area contributed by atoms with E-state index in [0.29, 0.717) is 13.0 Å². The Hall–Kier alpha value is -0.0900. The fourth-order valence-corrected chi connectivity index (χ4v) is 2.11. The molecule has 13 heavy (non-hydrogen) atoms. The molecule has 0 rings (SSSR count). The molecule has 80 valence electrons. The van der Waals surface area contributed by atoms with Gasteiger partial charge < -0.3 is 5.73 Å². The first-order chi connectivity index (χ1) is 5.70. The highest BCUT2D eigenvalue weighted by atomic mass is 32.2. The molecule has 0 aromatic carbocycles. The van der Waals surface area contributed by atoms with E-state index in [9.17, 15) is 8.42 Å². The van der Waals surface area contributed by atoms with Crippen LogP contribution in [0.4, 0.5) is 0 Å². The van der Waals surface area contributed by atoms with Crippen LogP contribution in [0.3, 0.4) is 0 Å². The lowest BCUT2D eigenvalue weighted by molar-refractivity contribution is 0.533. The van der Waals surface area contributed by atoms with Crippen LogP contribution in [-0.2, 0) is 9.84 Å². The summed E-state index contributed by atoms with van der Waals surface area (Å²) >= 11 is 0. The minimum absolute atomic E-state index is 0.245. The van der Waals surface area contributed by atoms with E-state index < -0.39 is 14.6 Å². The van der Waals surface area contributed by atoms with E-state index >= 15 is 0 Å². The zero-order chi connectivity index (χ0) is 10.7. The highest BCUT2D eigenvalue weighted by Crippen LogP contribution is 2.18. The number of hydrogen-bond donors (Lipinski definition) is 1. The maximum atomic E-state index is 11.6. The molecule has 0 amide bonds. The van der Waals surface area contributed by atoms with Crippen LogP contribution in [0.25, 0.3) is 0 Å². The molecular formula is C9H21NO2S. The van der Waals surface area contributed by atoms with Gasteiger partial charge in [-0.3, -0.25) is 0 Å². The topological polar surface area (TPSA) is 60.2 Å². The Morgan fingerprint density at radius 1 is 1.31 bits per heavy atom. The SMILES string of the molecule is CC(CN)CCS(=O)(=O)C(C)(C)C. The van der Waals surface area contributed by atoms with Gasteiger partial charge >= 0.3 is 0 Å². The maximum absolute atomic E-state index is 11.6. The molecule has 0 radical (unpaired) electrons. The number of sulfone groups is 1. The largest absolute Gasteiger partial charge is 0.330 e. The Kier molecular flexibility index (Phi) is 4.39. The van der Waals surface area contributed by atoms with Crippen LogP contribution in [0.15, 0.2) is 0 Å². The third-order valence-corrected chi connectivity index (χ3v) is 4.85. The maximum Gasteiger partial charge on any atom is 0.155 e. The van der Waals surface area contributed by atoms with Gasteiger partial charge in [0.25, 0.3) is 0 Å². The number of rotatable bonds is 4. The second kappa shape index (κ2) is 4.42. The van der Waals surface area contributed by atoms with Gasteiger partial charge in [-0.05, 0) is 39.7 Å². The number of nitrogens with two attached hydrogens (primary N) is 1. The molecule has 0 aliphatic rings. The normalized spacial score (nSPS) is 15.8. The summed E-state index contributed by atoms with van der Waals surface area (Å²) in [7, 11) is -2.96. The Morgan fingerprint density at radius 2 is 1.77 bits per heavy atom. The molecule has 0 aliphatic carbocycles. The van der Waals surface area contributed by atoms with Gasteiger partial charge in [-0.1, -0.05) is 6.92 Å². The first kappa shape index (κ1) is 12.9. The Bertz CT molecular complexity index is 239. The van der Waals surface area contributed by atoms with Crippen molar-refractivity contribution in [3.05, 3.63) is 0 Å². The molecular weight excluding hydrogens is 186 g/mol. The van der Waals surface area contributed by atoms with Crippen molar-refractivity contribution in [2.45, 2.75) is 38.9 Å². The van der Waals surface area contributed by atoms with E-state index in [0.717, 1.165) is 0 Å². The molecule has 0 saturated heterocycles. The van der Waals surface area contributed by atoms with Crippen molar-refractivity contribution in [3.63, 3.8) is 0 Å². The fourth-order valence-electron chi connectivity index (χ4n) is 0.780. The van der Waals surface area contributed by atoms with E-state index in [1.807, 2.05) is 6.92 Å². The van der Waals surface area contributed by atoms with Crippen LogP contribution in [-0.4, -0.2) is 25.5 Å². The average Bonchev–Trinajstić information content (AvgIpc) is 1.98. The Balaban J connectivity index is 4.22. The minimum atomic E-state index is -2.96. The summed E-state index contributed by atoms with van der Waals surface area (Å²) in [5.41, 5.74) is 5.42. The summed E-state index contributed by atoms with van der Waals surface area (Å²) in [5.74, 6) is 0.534. The molecule has 1 unspecified atom stereocenters. The smallest absolute Gasteiger partial charge is 0.155 e. The summed E-state index contributed by atoms with van der Waals surface area (Å²) in [6.45, 7) is 7.72. The van der Waals surface area contributed by atoms with Crippen molar-refractivity contribution in [2.24, 2.45) is 11.7 Å². The van der Waals surface area contributed by atoms with Gasteiger partial charge in [-0.25, -0.2) is 8.42 Å². The van der Waals surface area contributed by atoms with E-state index in [2.05, 4.69) is 0 Å². The van der Waals surface area contributed by atoms with Crippen LogP contribution < -0.4 is 5.73 Å². The molecule has 0 heterocycles. The summed E-state index contributed by atoms with van der Waals surface area (Å²) < 4.78 is 22.6. The predicted molar refractivity (Wildman–Crippen MR) is 56.4 cm³/mol. The second-order valence-electron chi connectivity index (χ2n) is 4.56. The van der Waals surface area contributed by atoms with Crippen molar-refractivity contribution in [1.82, 2.24) is 0 Å². The molecule has 0 aromatic rings. The highest BCUT2D eigenvalue weighted by molar-refractivity contribution is 7.92. The standard InChI is InChI=1S/C9H21NO2S/c1-8(7-10)5-6-13(11,12)9(2,3)4/h8H,5-7,10H2,1-4H3. The molecule has 0 fully saturated rings. The molecule has 0 aromatic heterocycles. The van der Waals surface area contributed by atoms with Crippen LogP contribution in [0.2, 0.25) is 0 Å². The predicted octanol–water partition coefficient (Wildman–Crippen LogP) is 1.18. The summed E-state index contributed by atoms with van der Waals surface area (Å²) in [5, 5.41) is 0. The van der Waals surface area contributed by atoms with Gasteiger partial charge in [-0.2, -0.15) is 0 Å². The van der Waals surface area contributed by atoms with E-state index in [4.69, 9.17) is 5.73 Å². The first-order valence-corrected chi connectivity index (χ1v) is 6.28. The van der Waals surface area contributed by atoms with Crippen molar-refractivity contribution in [1.29, 1.82) is 0 Å². The van der Waals surface area contributed by atoms with Gasteiger partial charge in [0, 0.05) is 0 Å². The van der Waals surface area contributed by atoms with Crippen molar-refractivity contribution < 1.29 is 8.42 Å². The Morgan fingerprint density at radius 3 is 2.08 bits per heavy atom. The zero-order valence-electron chi connectivity index (χ0n) is 9.00. The van der Waals surface area contributed by atoms with Gasteiger partial charge in [0.15, 0.2) is 9.84 Å².